The number of benzene rings is 13. The van der Waals surface area contributed by atoms with E-state index in [0.29, 0.717) is 0 Å². The molecular formula is C78H51B3N6. The smallest absolute Gasteiger partial charge is 0.252 e. The molecule has 402 valence electrons. The molecule has 0 fully saturated rings. The highest BCUT2D eigenvalue weighted by molar-refractivity contribution is 7.07. The second-order valence-electron chi connectivity index (χ2n) is 23.5. The average Bonchev–Trinajstić information content (AvgIpc) is 0.694. The third-order valence-electron chi connectivity index (χ3n) is 19.1. The van der Waals surface area contributed by atoms with Crippen LogP contribution in [-0.2, 0) is 0 Å². The van der Waals surface area contributed by atoms with Gasteiger partial charge in [0.2, 0.25) is 0 Å². The van der Waals surface area contributed by atoms with Crippen LogP contribution in [-0.4, -0.2) is 20.1 Å². The maximum absolute atomic E-state index is 2.70. The first-order valence-corrected chi connectivity index (χ1v) is 30.3. The van der Waals surface area contributed by atoms with E-state index in [4.69, 9.17) is 0 Å². The van der Waals surface area contributed by atoms with E-state index < -0.39 is 0 Å². The lowest BCUT2D eigenvalue weighted by Gasteiger charge is -2.53. The summed E-state index contributed by atoms with van der Waals surface area (Å²) >= 11 is 0. The minimum Gasteiger partial charge on any atom is -0.312 e. The molecule has 0 saturated heterocycles. The molecule has 0 spiro atoms. The van der Waals surface area contributed by atoms with E-state index >= 15 is 0 Å². The Bertz CT molecular complexity index is 4550. The lowest BCUT2D eigenvalue weighted by atomic mass is 9.25. The van der Waals surface area contributed by atoms with Crippen LogP contribution in [0.15, 0.2) is 309 Å². The van der Waals surface area contributed by atoms with Crippen molar-refractivity contribution >= 4 is 172 Å². The monoisotopic (exact) mass is 1100 g/mol. The van der Waals surface area contributed by atoms with E-state index in [1.807, 2.05) is 0 Å². The summed E-state index contributed by atoms with van der Waals surface area (Å²) in [6, 6.07) is 115. The molecule has 6 aliphatic heterocycles. The van der Waals surface area contributed by atoms with Crippen molar-refractivity contribution in [2.45, 2.75) is 0 Å². The molecule has 19 rings (SSSR count). The summed E-state index contributed by atoms with van der Waals surface area (Å²) in [5, 5.41) is 0. The first kappa shape index (κ1) is 48.3. The number of anilines is 18. The summed E-state index contributed by atoms with van der Waals surface area (Å²) in [6.45, 7) is -0.323. The van der Waals surface area contributed by atoms with Crippen LogP contribution < -0.4 is 78.6 Å². The van der Waals surface area contributed by atoms with Gasteiger partial charge in [-0.1, -0.05) is 188 Å². The Hall–Kier alpha value is -11.1. The van der Waals surface area contributed by atoms with Crippen LogP contribution in [0.5, 0.6) is 0 Å². The molecule has 6 aliphatic rings. The summed E-state index contributed by atoms with van der Waals surface area (Å²) in [4.78, 5) is 15.4. The van der Waals surface area contributed by atoms with Gasteiger partial charge in [-0.15, -0.1) is 0 Å². The fourth-order valence-electron chi connectivity index (χ4n) is 15.8. The predicted molar refractivity (Wildman–Crippen MR) is 369 cm³/mol. The summed E-state index contributed by atoms with van der Waals surface area (Å²) in [5.41, 5.74) is 32.6. The van der Waals surface area contributed by atoms with Gasteiger partial charge in [-0.25, -0.2) is 0 Å². The summed E-state index contributed by atoms with van der Waals surface area (Å²) in [6.07, 6.45) is 0. The van der Waals surface area contributed by atoms with Crippen molar-refractivity contribution in [2.75, 3.05) is 29.4 Å². The Labute approximate surface area is 507 Å². The van der Waals surface area contributed by atoms with Gasteiger partial charge in [0.05, 0.1) is 11.4 Å². The molecule has 13 aromatic rings. The zero-order chi connectivity index (χ0) is 56.8. The van der Waals surface area contributed by atoms with E-state index in [2.05, 4.69) is 339 Å². The number of hydrogen-bond acceptors (Lipinski definition) is 6. The van der Waals surface area contributed by atoms with Crippen molar-refractivity contribution in [1.82, 2.24) is 0 Å². The topological polar surface area (TPSA) is 19.4 Å². The maximum atomic E-state index is 2.70. The Morgan fingerprint density at radius 2 is 0.448 bits per heavy atom. The van der Waals surface area contributed by atoms with Crippen molar-refractivity contribution in [2.24, 2.45) is 0 Å². The van der Waals surface area contributed by atoms with Crippen molar-refractivity contribution in [1.29, 1.82) is 0 Å². The maximum Gasteiger partial charge on any atom is 0.252 e. The molecule has 0 aliphatic carbocycles. The largest absolute Gasteiger partial charge is 0.312 e. The zero-order valence-corrected chi connectivity index (χ0v) is 47.4. The van der Waals surface area contributed by atoms with Gasteiger partial charge in [0.25, 0.3) is 20.1 Å². The Balaban J connectivity index is 0.962. The van der Waals surface area contributed by atoms with Gasteiger partial charge in [0.1, 0.15) is 0 Å². The molecule has 9 heteroatoms. The fraction of sp³-hybridized carbons (Fsp3) is 0. The molecule has 0 N–H and O–H groups in total. The highest BCUT2D eigenvalue weighted by Gasteiger charge is 2.55. The molecule has 6 nitrogen and oxygen atoms in total. The molecule has 6 heterocycles. The highest BCUT2D eigenvalue weighted by Crippen LogP contribution is 2.53. The molecule has 0 atom stereocenters. The number of rotatable bonds is 8. The number of nitrogens with zero attached hydrogens (tertiary/aromatic N) is 6. The van der Waals surface area contributed by atoms with Crippen molar-refractivity contribution < 1.29 is 0 Å². The summed E-state index contributed by atoms with van der Waals surface area (Å²) in [5.74, 6) is 0. The van der Waals surface area contributed by atoms with E-state index in [1.54, 1.807) is 0 Å². The van der Waals surface area contributed by atoms with Crippen LogP contribution in [0.4, 0.5) is 102 Å². The second kappa shape index (κ2) is 18.7. The SMILES string of the molecule is c1ccc(N(c2ccccc2)c2cc3c4c(c2)N2c5ccccc5B5c6ccccc6N6c7cc(N(c8ccccc8)c8ccccc8)cc8c7B(c7ccccc7N8c7ccccc7)c7cc(c2c5c76)B4c2ccccc2N3c2ccccc2)cc1. The zero-order valence-electron chi connectivity index (χ0n) is 47.4. The minimum absolute atomic E-state index is 0.0726. The van der Waals surface area contributed by atoms with Gasteiger partial charge in [-0.05, 0) is 170 Å². The quantitative estimate of drug-likeness (QED) is 0.140. The van der Waals surface area contributed by atoms with Crippen molar-refractivity contribution in [3.63, 3.8) is 0 Å². The summed E-state index contributed by atoms with van der Waals surface area (Å²) < 4.78 is 0. The highest BCUT2D eigenvalue weighted by atomic mass is 15.2. The van der Waals surface area contributed by atoms with Crippen molar-refractivity contribution in [3.05, 3.63) is 309 Å². The first-order valence-electron chi connectivity index (χ1n) is 30.3. The predicted octanol–water partition coefficient (Wildman–Crippen LogP) is 13.9. The summed E-state index contributed by atoms with van der Waals surface area (Å²) in [7, 11) is 0. The van der Waals surface area contributed by atoms with Crippen LogP contribution in [0.1, 0.15) is 0 Å². The number of fused-ring (bicyclic) bond motifs is 14. The van der Waals surface area contributed by atoms with Crippen LogP contribution in [0.2, 0.25) is 0 Å². The van der Waals surface area contributed by atoms with Crippen LogP contribution in [0, 0.1) is 0 Å². The Kier molecular flexibility index (Phi) is 10.4. The van der Waals surface area contributed by atoms with Crippen LogP contribution in [0.3, 0.4) is 0 Å². The molecule has 0 unspecified atom stereocenters. The number of para-hydroxylation sites is 10. The van der Waals surface area contributed by atoms with Crippen molar-refractivity contribution in [3.8, 4) is 0 Å². The Morgan fingerprint density at radius 3 is 0.770 bits per heavy atom. The molecule has 0 saturated carbocycles. The molecule has 0 amide bonds. The minimum atomic E-state index is -0.125. The van der Waals surface area contributed by atoms with E-state index in [0.717, 1.165) is 45.5 Å². The molecule has 87 heavy (non-hydrogen) atoms. The average molecular weight is 1100 g/mol. The molecule has 13 aromatic carbocycles. The van der Waals surface area contributed by atoms with Crippen LogP contribution >= 0.6 is 0 Å². The first-order chi connectivity index (χ1) is 43.2. The molecule has 0 radical (unpaired) electrons. The van der Waals surface area contributed by atoms with Crippen LogP contribution in [0.25, 0.3) is 0 Å². The van der Waals surface area contributed by atoms with E-state index in [9.17, 15) is 0 Å². The Morgan fingerprint density at radius 1 is 0.195 bits per heavy atom. The van der Waals surface area contributed by atoms with Gasteiger partial charge < -0.3 is 29.4 Å². The third-order valence-corrected chi connectivity index (χ3v) is 19.1. The van der Waals surface area contributed by atoms with Gasteiger partial charge in [-0.3, -0.25) is 0 Å². The lowest BCUT2D eigenvalue weighted by Crippen LogP contribution is -2.72. The standard InChI is InChI=1S/C78H51B3N6/c1-7-27-52(28-8-1)82(53-29-9-2-10-30-53)58-47-70-74-72(49-58)86-68-45-25-21-41-62(68)79-63-42-22-26-46-69(63)87-73-50-59(83(54-31-11-3-12-32-54)55-33-13-4-14-34-55)48-71-75(73)81(61-40-20-24-44-67(61)85(71)57-37-17-6-18-38-57)65-51-64(77(86)76(79)78(65)87)80(74)60-39-19-23-43-66(60)84(70)56-35-15-5-16-36-56/h1-51H. The molecule has 0 aromatic heterocycles. The lowest BCUT2D eigenvalue weighted by molar-refractivity contribution is 1.21. The van der Waals surface area contributed by atoms with E-state index in [1.165, 1.54) is 106 Å². The molecule has 0 bridgehead atoms. The van der Waals surface area contributed by atoms with Gasteiger partial charge >= 0.3 is 0 Å². The second-order valence-corrected chi connectivity index (χ2v) is 23.5. The molecular weight excluding hydrogens is 1050 g/mol. The van der Waals surface area contributed by atoms with E-state index in [-0.39, 0.29) is 20.1 Å². The fourth-order valence-corrected chi connectivity index (χ4v) is 15.8. The number of hydrogen-bond donors (Lipinski definition) is 0. The van der Waals surface area contributed by atoms with Gasteiger partial charge in [0.15, 0.2) is 0 Å². The normalized spacial score (nSPS) is 13.6. The van der Waals surface area contributed by atoms with Gasteiger partial charge in [0, 0.05) is 91.0 Å². The third kappa shape index (κ3) is 6.85. The van der Waals surface area contributed by atoms with Gasteiger partial charge in [-0.2, -0.15) is 0 Å².